The van der Waals surface area contributed by atoms with Crippen molar-refractivity contribution in [2.75, 3.05) is 18.8 Å². The zero-order chi connectivity index (χ0) is 18.6. The van der Waals surface area contributed by atoms with Gasteiger partial charge in [0.1, 0.15) is 34.4 Å². The Morgan fingerprint density at radius 3 is 2.76 bits per heavy atom. The van der Waals surface area contributed by atoms with E-state index < -0.39 is 56.9 Å². The SMILES string of the molecule is C[C@@]1(c2cc([N+](=O)[O-])ccc2F)CS2(=O)=NCC(F)(F)CN2C(N)=N1. The number of non-ortho nitro benzene ring substituents is 1. The number of fused-ring (bicyclic) bond motifs is 1. The van der Waals surface area contributed by atoms with E-state index in [2.05, 4.69) is 9.36 Å². The van der Waals surface area contributed by atoms with Crippen LogP contribution < -0.4 is 5.73 Å². The third-order valence-electron chi connectivity index (χ3n) is 4.04. The van der Waals surface area contributed by atoms with Crippen LogP contribution in [-0.2, 0) is 15.5 Å². The number of nitro groups is 1. The summed E-state index contributed by atoms with van der Waals surface area (Å²) in [4.78, 5) is 14.3. The summed E-state index contributed by atoms with van der Waals surface area (Å²) in [5.41, 5.74) is 3.59. The van der Waals surface area contributed by atoms with Crippen molar-refractivity contribution in [3.63, 3.8) is 0 Å². The molecule has 2 heterocycles. The van der Waals surface area contributed by atoms with Crippen molar-refractivity contribution in [2.24, 2.45) is 15.1 Å². The first-order valence-electron chi connectivity index (χ1n) is 7.12. The quantitative estimate of drug-likeness (QED) is 0.623. The van der Waals surface area contributed by atoms with Crippen LogP contribution in [0.3, 0.4) is 0 Å². The second kappa shape index (κ2) is 5.31. The third-order valence-corrected chi connectivity index (χ3v) is 6.52. The Morgan fingerprint density at radius 2 is 2.12 bits per heavy atom. The number of rotatable bonds is 2. The van der Waals surface area contributed by atoms with Gasteiger partial charge >= 0.3 is 0 Å². The maximum Gasteiger partial charge on any atom is 0.286 e. The smallest absolute Gasteiger partial charge is 0.286 e. The molecule has 25 heavy (non-hydrogen) atoms. The Balaban J connectivity index is 2.14. The molecule has 1 aromatic rings. The van der Waals surface area contributed by atoms with E-state index >= 15 is 0 Å². The molecule has 0 aromatic heterocycles. The van der Waals surface area contributed by atoms with Crippen LogP contribution in [0.5, 0.6) is 0 Å². The van der Waals surface area contributed by atoms with Gasteiger partial charge in [0.2, 0.25) is 5.96 Å². The van der Waals surface area contributed by atoms with Crippen molar-refractivity contribution in [1.29, 1.82) is 0 Å². The van der Waals surface area contributed by atoms with Crippen LogP contribution in [0.2, 0.25) is 0 Å². The number of benzene rings is 1. The summed E-state index contributed by atoms with van der Waals surface area (Å²) < 4.78 is 58.7. The largest absolute Gasteiger partial charge is 0.369 e. The van der Waals surface area contributed by atoms with E-state index in [4.69, 9.17) is 5.73 Å². The zero-order valence-corrected chi connectivity index (χ0v) is 13.8. The number of nitrogens with zero attached hydrogens (tertiary/aromatic N) is 4. The Labute approximate surface area is 141 Å². The van der Waals surface area contributed by atoms with Crippen LogP contribution in [0.1, 0.15) is 12.5 Å². The number of aliphatic imine (C=N–C) groups is 1. The molecule has 1 unspecified atom stereocenters. The fraction of sp³-hybridized carbons (Fsp3) is 0.462. The number of hydrogen-bond donors (Lipinski definition) is 1. The number of hydrogen-bond acceptors (Lipinski definition) is 6. The molecule has 0 saturated carbocycles. The lowest BCUT2D eigenvalue weighted by molar-refractivity contribution is -0.385. The van der Waals surface area contributed by atoms with Gasteiger partial charge in [-0.2, -0.15) is 0 Å². The van der Waals surface area contributed by atoms with Gasteiger partial charge in [0, 0.05) is 17.7 Å². The highest BCUT2D eigenvalue weighted by Crippen LogP contribution is 2.38. The standard InChI is InChI=1S/C13H14F3N5O3S/c1-12(9-4-8(21(22)23)2-3-10(9)14)7-25(24)18-5-13(15,16)6-20(25)11(17)19-12/h2-4H,5-7H2,1H3,(H2,17,19)/t12-,25?/m0/s1. The highest BCUT2D eigenvalue weighted by atomic mass is 32.2. The molecule has 0 saturated heterocycles. The molecule has 2 aliphatic rings. The van der Waals surface area contributed by atoms with E-state index in [1.54, 1.807) is 0 Å². The normalized spacial score (nSPS) is 30.9. The summed E-state index contributed by atoms with van der Waals surface area (Å²) in [6, 6.07) is 2.85. The average molecular weight is 377 g/mol. The molecule has 2 N–H and O–H groups in total. The molecule has 0 amide bonds. The fourth-order valence-electron chi connectivity index (χ4n) is 2.86. The first-order chi connectivity index (χ1) is 11.5. The van der Waals surface area contributed by atoms with Crippen molar-refractivity contribution >= 4 is 21.6 Å². The maximum absolute atomic E-state index is 14.3. The minimum atomic E-state index is -3.37. The molecule has 136 valence electrons. The van der Waals surface area contributed by atoms with Crippen LogP contribution >= 0.6 is 0 Å². The average Bonchev–Trinajstić information content (AvgIpc) is 2.49. The number of guanidine groups is 1. The van der Waals surface area contributed by atoms with Gasteiger partial charge < -0.3 is 5.73 Å². The van der Waals surface area contributed by atoms with E-state index in [1.165, 1.54) is 6.92 Å². The lowest BCUT2D eigenvalue weighted by atomic mass is 9.93. The number of nitro benzene ring substituents is 1. The van der Waals surface area contributed by atoms with Crippen molar-refractivity contribution in [3.8, 4) is 0 Å². The molecular formula is C13H14F3N5O3S. The minimum Gasteiger partial charge on any atom is -0.369 e. The monoisotopic (exact) mass is 377 g/mol. The van der Waals surface area contributed by atoms with Gasteiger partial charge in [-0.1, -0.05) is 0 Å². The Morgan fingerprint density at radius 1 is 1.44 bits per heavy atom. The topological polar surface area (TPSA) is 114 Å². The first-order valence-corrected chi connectivity index (χ1v) is 8.76. The molecule has 2 atom stereocenters. The Hall–Kier alpha value is -2.37. The van der Waals surface area contributed by atoms with Crippen molar-refractivity contribution in [1.82, 2.24) is 4.31 Å². The van der Waals surface area contributed by atoms with Gasteiger partial charge in [0.15, 0.2) is 0 Å². The van der Waals surface area contributed by atoms with Gasteiger partial charge in [-0.15, -0.1) is 0 Å². The Bertz CT molecular complexity index is 912. The molecule has 0 radical (unpaired) electrons. The highest BCUT2D eigenvalue weighted by Gasteiger charge is 2.48. The molecular weight excluding hydrogens is 363 g/mol. The van der Waals surface area contributed by atoms with Crippen LogP contribution in [0, 0.1) is 15.9 Å². The predicted molar refractivity (Wildman–Crippen MR) is 84.0 cm³/mol. The molecule has 12 heteroatoms. The lowest BCUT2D eigenvalue weighted by Gasteiger charge is -2.42. The maximum atomic E-state index is 14.3. The van der Waals surface area contributed by atoms with E-state index in [0.29, 0.717) is 0 Å². The van der Waals surface area contributed by atoms with Gasteiger partial charge in [-0.25, -0.2) is 31.0 Å². The molecule has 0 aliphatic carbocycles. The molecule has 0 bridgehead atoms. The second-order valence-corrected chi connectivity index (χ2v) is 8.30. The molecule has 0 fully saturated rings. The fourth-order valence-corrected chi connectivity index (χ4v) is 5.31. The van der Waals surface area contributed by atoms with Gasteiger partial charge in [0.25, 0.3) is 11.6 Å². The summed E-state index contributed by atoms with van der Waals surface area (Å²) in [5, 5.41) is 10.9. The van der Waals surface area contributed by atoms with Crippen molar-refractivity contribution in [3.05, 3.63) is 39.7 Å². The predicted octanol–water partition coefficient (Wildman–Crippen LogP) is 1.61. The van der Waals surface area contributed by atoms with Crippen LogP contribution in [0.4, 0.5) is 18.9 Å². The summed E-state index contributed by atoms with van der Waals surface area (Å²) >= 11 is 0. The van der Waals surface area contributed by atoms with Crippen molar-refractivity contribution in [2.45, 2.75) is 18.4 Å². The summed E-state index contributed by atoms with van der Waals surface area (Å²) in [6.07, 6.45) is 0. The number of alkyl halides is 2. The first kappa shape index (κ1) is 17.5. The van der Waals surface area contributed by atoms with Crippen LogP contribution in [0.25, 0.3) is 0 Å². The van der Waals surface area contributed by atoms with Gasteiger partial charge in [-0.05, 0) is 13.0 Å². The zero-order valence-electron chi connectivity index (χ0n) is 13.0. The van der Waals surface area contributed by atoms with E-state index in [1.807, 2.05) is 0 Å². The number of halogens is 3. The van der Waals surface area contributed by atoms with Gasteiger partial charge in [0.05, 0.1) is 10.7 Å². The number of nitrogens with two attached hydrogens (primary N) is 1. The van der Waals surface area contributed by atoms with E-state index in [0.717, 1.165) is 22.5 Å². The second-order valence-electron chi connectivity index (χ2n) is 6.10. The molecule has 1 aromatic carbocycles. The van der Waals surface area contributed by atoms with E-state index in [9.17, 15) is 27.5 Å². The molecule has 3 rings (SSSR count). The highest BCUT2D eigenvalue weighted by molar-refractivity contribution is 7.92. The molecule has 8 nitrogen and oxygen atoms in total. The van der Waals surface area contributed by atoms with Crippen LogP contribution in [0.15, 0.2) is 27.6 Å². The van der Waals surface area contributed by atoms with Crippen molar-refractivity contribution < 1.29 is 22.3 Å². The minimum absolute atomic E-state index is 0.195. The summed E-state index contributed by atoms with van der Waals surface area (Å²) in [7, 11) is -3.37. The third kappa shape index (κ3) is 2.90. The summed E-state index contributed by atoms with van der Waals surface area (Å²) in [5.74, 6) is -4.88. The van der Waals surface area contributed by atoms with Gasteiger partial charge in [-0.3, -0.25) is 10.1 Å². The Kier molecular flexibility index (Phi) is 3.71. The summed E-state index contributed by atoms with van der Waals surface area (Å²) in [6.45, 7) is -0.463. The molecule has 2 aliphatic heterocycles. The lowest BCUT2D eigenvalue weighted by Crippen LogP contribution is -2.58. The van der Waals surface area contributed by atoms with Crippen LogP contribution in [-0.4, -0.2) is 44.2 Å². The van der Waals surface area contributed by atoms with E-state index in [-0.39, 0.29) is 11.3 Å². The molecule has 0 spiro atoms.